The molecule has 1 aromatic rings. The van der Waals surface area contributed by atoms with Crippen LogP contribution in [0.2, 0.25) is 5.15 Å². The SMILES string of the molecule is CCNC(=O)CNc1nnc(Cl)c(C)c1C. The monoisotopic (exact) mass is 242 g/mol. The molecule has 5 nitrogen and oxygen atoms in total. The highest BCUT2D eigenvalue weighted by Crippen LogP contribution is 2.19. The Labute approximate surface area is 99.6 Å². The third-order valence-corrected chi connectivity index (χ3v) is 2.61. The number of likely N-dealkylation sites (N-methyl/N-ethyl adjacent to an activating group) is 1. The first-order chi connectivity index (χ1) is 7.56. The summed E-state index contributed by atoms with van der Waals surface area (Å²) in [6.07, 6.45) is 0. The molecule has 0 radical (unpaired) electrons. The van der Waals surface area contributed by atoms with Gasteiger partial charge in [-0.05, 0) is 31.9 Å². The Hall–Kier alpha value is -1.36. The molecule has 1 aromatic heterocycles. The molecule has 0 saturated heterocycles. The van der Waals surface area contributed by atoms with Crippen molar-refractivity contribution in [3.63, 3.8) is 0 Å². The fourth-order valence-electron chi connectivity index (χ4n) is 1.17. The number of aromatic nitrogens is 2. The summed E-state index contributed by atoms with van der Waals surface area (Å²) in [4.78, 5) is 11.2. The van der Waals surface area contributed by atoms with Gasteiger partial charge in [0.05, 0.1) is 6.54 Å². The summed E-state index contributed by atoms with van der Waals surface area (Å²) in [6, 6.07) is 0. The molecule has 1 heterocycles. The van der Waals surface area contributed by atoms with Gasteiger partial charge >= 0.3 is 0 Å². The lowest BCUT2D eigenvalue weighted by atomic mass is 10.2. The van der Waals surface area contributed by atoms with Crippen LogP contribution in [0.4, 0.5) is 5.82 Å². The van der Waals surface area contributed by atoms with Crippen molar-refractivity contribution in [1.82, 2.24) is 15.5 Å². The molecule has 0 aliphatic rings. The topological polar surface area (TPSA) is 66.9 Å². The molecule has 1 amide bonds. The van der Waals surface area contributed by atoms with Gasteiger partial charge in [0, 0.05) is 6.54 Å². The van der Waals surface area contributed by atoms with E-state index in [4.69, 9.17) is 11.6 Å². The van der Waals surface area contributed by atoms with E-state index in [0.29, 0.717) is 17.5 Å². The number of carbonyl (C=O) groups is 1. The molecule has 0 aromatic carbocycles. The molecule has 0 aliphatic heterocycles. The van der Waals surface area contributed by atoms with Gasteiger partial charge in [0.15, 0.2) is 11.0 Å². The average molecular weight is 243 g/mol. The molecule has 0 unspecified atom stereocenters. The number of anilines is 1. The maximum Gasteiger partial charge on any atom is 0.239 e. The van der Waals surface area contributed by atoms with Crippen LogP contribution in [-0.2, 0) is 4.79 Å². The van der Waals surface area contributed by atoms with Crippen LogP contribution in [-0.4, -0.2) is 29.2 Å². The van der Waals surface area contributed by atoms with E-state index in [-0.39, 0.29) is 12.5 Å². The van der Waals surface area contributed by atoms with Gasteiger partial charge in [-0.2, -0.15) is 0 Å². The molecule has 0 fully saturated rings. The number of nitrogens with one attached hydrogen (secondary N) is 2. The zero-order valence-corrected chi connectivity index (χ0v) is 10.4. The predicted molar refractivity (Wildman–Crippen MR) is 63.7 cm³/mol. The van der Waals surface area contributed by atoms with E-state index < -0.39 is 0 Å². The van der Waals surface area contributed by atoms with Gasteiger partial charge in [-0.1, -0.05) is 11.6 Å². The number of rotatable bonds is 4. The Balaban J connectivity index is 2.68. The van der Waals surface area contributed by atoms with Gasteiger partial charge in [0.25, 0.3) is 0 Å². The lowest BCUT2D eigenvalue weighted by molar-refractivity contribution is -0.119. The van der Waals surface area contributed by atoms with Gasteiger partial charge in [0.2, 0.25) is 5.91 Å². The first kappa shape index (κ1) is 12.7. The number of carbonyl (C=O) groups excluding carboxylic acids is 1. The number of halogens is 1. The fourth-order valence-corrected chi connectivity index (χ4v) is 1.35. The molecule has 0 atom stereocenters. The quantitative estimate of drug-likeness (QED) is 0.835. The zero-order valence-electron chi connectivity index (χ0n) is 9.59. The molecular weight excluding hydrogens is 228 g/mol. The summed E-state index contributed by atoms with van der Waals surface area (Å²) < 4.78 is 0. The number of hydrogen-bond donors (Lipinski definition) is 2. The van der Waals surface area contributed by atoms with Crippen molar-refractivity contribution in [1.29, 1.82) is 0 Å². The molecule has 6 heteroatoms. The van der Waals surface area contributed by atoms with Crippen molar-refractivity contribution >= 4 is 23.3 Å². The minimum atomic E-state index is -0.0729. The fraction of sp³-hybridized carbons (Fsp3) is 0.500. The molecule has 0 saturated carbocycles. The van der Waals surface area contributed by atoms with Crippen LogP contribution in [0, 0.1) is 13.8 Å². The van der Waals surface area contributed by atoms with Gasteiger partial charge in [0.1, 0.15) is 0 Å². The lowest BCUT2D eigenvalue weighted by Crippen LogP contribution is -2.29. The molecule has 0 aliphatic carbocycles. The van der Waals surface area contributed by atoms with E-state index in [9.17, 15) is 4.79 Å². The highest BCUT2D eigenvalue weighted by atomic mass is 35.5. The summed E-state index contributed by atoms with van der Waals surface area (Å²) in [5.74, 6) is 0.518. The van der Waals surface area contributed by atoms with Crippen molar-refractivity contribution < 1.29 is 4.79 Å². The van der Waals surface area contributed by atoms with Crippen LogP contribution in [0.15, 0.2) is 0 Å². The van der Waals surface area contributed by atoms with E-state index in [1.807, 2.05) is 20.8 Å². The molecule has 0 spiro atoms. The van der Waals surface area contributed by atoms with Crippen molar-refractivity contribution in [2.75, 3.05) is 18.4 Å². The molecular formula is C10H15ClN4O. The van der Waals surface area contributed by atoms with E-state index in [2.05, 4.69) is 20.8 Å². The zero-order chi connectivity index (χ0) is 12.1. The molecule has 16 heavy (non-hydrogen) atoms. The third kappa shape index (κ3) is 3.06. The summed E-state index contributed by atoms with van der Waals surface area (Å²) in [5, 5.41) is 13.7. The minimum absolute atomic E-state index is 0.0729. The Morgan fingerprint density at radius 1 is 1.31 bits per heavy atom. The van der Waals surface area contributed by atoms with Crippen molar-refractivity contribution in [3.8, 4) is 0 Å². The minimum Gasteiger partial charge on any atom is -0.359 e. The Morgan fingerprint density at radius 3 is 2.62 bits per heavy atom. The smallest absolute Gasteiger partial charge is 0.239 e. The van der Waals surface area contributed by atoms with E-state index in [1.165, 1.54) is 0 Å². The standard InChI is InChI=1S/C10H15ClN4O/c1-4-12-8(16)5-13-10-7(3)6(2)9(11)14-15-10/h4-5H2,1-3H3,(H,12,16)(H,13,15). The van der Waals surface area contributed by atoms with Crippen molar-refractivity contribution in [2.45, 2.75) is 20.8 Å². The van der Waals surface area contributed by atoms with Crippen molar-refractivity contribution in [3.05, 3.63) is 16.3 Å². The summed E-state index contributed by atoms with van der Waals surface area (Å²) in [7, 11) is 0. The first-order valence-corrected chi connectivity index (χ1v) is 5.44. The lowest BCUT2D eigenvalue weighted by Gasteiger charge is -2.09. The Kier molecular flexibility index (Phi) is 4.49. The number of nitrogens with zero attached hydrogens (tertiary/aromatic N) is 2. The van der Waals surface area contributed by atoms with Gasteiger partial charge < -0.3 is 10.6 Å². The van der Waals surface area contributed by atoms with Gasteiger partial charge in [-0.15, -0.1) is 10.2 Å². The summed E-state index contributed by atoms with van der Waals surface area (Å²) in [6.45, 7) is 6.42. The second kappa shape index (κ2) is 5.65. The largest absolute Gasteiger partial charge is 0.359 e. The average Bonchev–Trinajstić information content (AvgIpc) is 2.25. The van der Waals surface area contributed by atoms with E-state index in [0.717, 1.165) is 11.1 Å². The van der Waals surface area contributed by atoms with Crippen LogP contribution < -0.4 is 10.6 Å². The highest BCUT2D eigenvalue weighted by Gasteiger charge is 2.08. The third-order valence-electron chi connectivity index (χ3n) is 2.26. The second-order valence-electron chi connectivity index (χ2n) is 3.40. The molecule has 0 bridgehead atoms. The van der Waals surface area contributed by atoms with Crippen LogP contribution in [0.25, 0.3) is 0 Å². The molecule has 2 N–H and O–H groups in total. The summed E-state index contributed by atoms with van der Waals surface area (Å²) >= 11 is 5.82. The van der Waals surface area contributed by atoms with Gasteiger partial charge in [-0.25, -0.2) is 0 Å². The predicted octanol–water partition coefficient (Wildman–Crippen LogP) is 1.29. The normalized spacial score (nSPS) is 10.0. The second-order valence-corrected chi connectivity index (χ2v) is 3.75. The number of hydrogen-bond acceptors (Lipinski definition) is 4. The molecule has 1 rings (SSSR count). The number of amides is 1. The van der Waals surface area contributed by atoms with E-state index >= 15 is 0 Å². The van der Waals surface area contributed by atoms with Gasteiger partial charge in [-0.3, -0.25) is 4.79 Å². The van der Waals surface area contributed by atoms with Crippen LogP contribution >= 0.6 is 11.6 Å². The summed E-state index contributed by atoms with van der Waals surface area (Å²) in [5.41, 5.74) is 1.78. The van der Waals surface area contributed by atoms with Crippen LogP contribution in [0.5, 0.6) is 0 Å². The van der Waals surface area contributed by atoms with Crippen molar-refractivity contribution in [2.24, 2.45) is 0 Å². The molecule has 88 valence electrons. The maximum atomic E-state index is 11.2. The Morgan fingerprint density at radius 2 is 2.00 bits per heavy atom. The van der Waals surface area contributed by atoms with Crippen LogP contribution in [0.3, 0.4) is 0 Å². The van der Waals surface area contributed by atoms with E-state index in [1.54, 1.807) is 0 Å². The maximum absolute atomic E-state index is 11.2. The first-order valence-electron chi connectivity index (χ1n) is 5.06. The highest BCUT2D eigenvalue weighted by molar-refractivity contribution is 6.30. The van der Waals surface area contributed by atoms with Crippen LogP contribution in [0.1, 0.15) is 18.1 Å². The Bertz CT molecular complexity index is 395.